The number of benzene rings is 1. The molecule has 0 amide bonds. The summed E-state index contributed by atoms with van der Waals surface area (Å²) in [6.07, 6.45) is 0. The first-order chi connectivity index (χ1) is 7.78. The maximum atomic E-state index is 10.2. The Bertz CT molecular complexity index is 363. The van der Waals surface area contributed by atoms with E-state index in [2.05, 4.69) is 21.1 Å². The van der Waals surface area contributed by atoms with Gasteiger partial charge in [-0.2, -0.15) is 0 Å². The molecule has 0 fully saturated rings. The summed E-state index contributed by atoms with van der Waals surface area (Å²) in [4.78, 5) is 10.2. The molecule has 0 radical (unpaired) electrons. The Labute approximate surface area is 119 Å². The normalized spacial score (nSPS) is 9.78. The molecule has 0 heterocycles. The molecule has 0 unspecified atom stereocenters. The van der Waals surface area contributed by atoms with E-state index in [4.69, 9.17) is 10.2 Å². The van der Waals surface area contributed by atoms with Crippen molar-refractivity contribution < 1.29 is 24.6 Å². The van der Waals surface area contributed by atoms with Crippen molar-refractivity contribution in [3.05, 3.63) is 29.8 Å². The summed E-state index contributed by atoms with van der Waals surface area (Å²) in [5, 5.41) is 27.4. The fraction of sp³-hybridized carbons (Fsp3) is 0.417. The van der Waals surface area contributed by atoms with E-state index in [0.717, 1.165) is 11.0 Å². The zero-order valence-electron chi connectivity index (χ0n) is 10.4. The van der Waals surface area contributed by atoms with Gasteiger partial charge in [0.1, 0.15) is 12.3 Å². The van der Waals surface area contributed by atoms with Gasteiger partial charge in [0.2, 0.25) is 0 Å². The van der Waals surface area contributed by atoms with E-state index in [0.29, 0.717) is 0 Å². The Balaban J connectivity index is 0. The Kier molecular flexibility index (Phi) is 9.68. The van der Waals surface area contributed by atoms with Gasteiger partial charge in [-0.15, -0.1) is 0 Å². The van der Waals surface area contributed by atoms with E-state index in [1.54, 1.807) is 6.07 Å². The van der Waals surface area contributed by atoms with Crippen LogP contribution >= 0.6 is 0 Å². The summed E-state index contributed by atoms with van der Waals surface area (Å²) in [6.45, 7) is 1.11. The Hall–Kier alpha value is -0.993. The number of nitrogens with zero attached hydrogens (tertiary/aromatic N) is 1. The molecule has 0 aliphatic rings. The first kappa shape index (κ1) is 19.3. The number of aromatic hydroxyl groups is 1. The van der Waals surface area contributed by atoms with Gasteiger partial charge in [0.15, 0.2) is 0 Å². The van der Waals surface area contributed by atoms with Crippen molar-refractivity contribution in [3.63, 3.8) is 0 Å². The quantitative estimate of drug-likeness (QED) is 0.520. The molecule has 0 spiro atoms. The van der Waals surface area contributed by atoms with Crippen LogP contribution in [-0.2, 0) is 0 Å². The van der Waals surface area contributed by atoms with Crippen molar-refractivity contribution >= 4 is 24.8 Å². The summed E-state index contributed by atoms with van der Waals surface area (Å²) in [5.74, 6) is -1.62. The second-order valence-electron chi connectivity index (χ2n) is 4.54. The van der Waals surface area contributed by atoms with E-state index in [-0.39, 0.29) is 36.8 Å². The number of phenols is 1. The third kappa shape index (κ3) is 9.08. The van der Waals surface area contributed by atoms with Crippen molar-refractivity contribution in [2.45, 2.75) is 0 Å². The molecule has 1 rings (SSSR count). The monoisotopic (exact) mass is 249 g/mol. The number of carboxylic acids is 1. The fourth-order valence-corrected chi connectivity index (χ4v) is 0.946. The summed E-state index contributed by atoms with van der Waals surface area (Å²) in [7, 11) is 6.16. The molecule has 1 aromatic rings. The van der Waals surface area contributed by atoms with Crippen LogP contribution in [-0.4, -0.2) is 73.8 Å². The standard InChI is InChI=1S/C7H6O3.C5H14NO.Li.H/c8-6-4-2-1-3-5(6)7(9)10;1-6(2,3)4-5-7;;/h1-4,8H,(H,9,10);7H,4-5H2,1-3H3;;/q;+1;;/p-1. The molecule has 0 aliphatic carbocycles. The first-order valence-corrected chi connectivity index (χ1v) is 5.18. The summed E-state index contributed by atoms with van der Waals surface area (Å²) in [5.41, 5.74) is -0.178. The zero-order valence-corrected chi connectivity index (χ0v) is 10.4. The van der Waals surface area contributed by atoms with Gasteiger partial charge in [-0.25, -0.2) is 0 Å². The topological polar surface area (TPSA) is 80.6 Å². The number of aliphatic hydroxyl groups excluding tert-OH is 1. The predicted molar refractivity (Wildman–Crippen MR) is 69.6 cm³/mol. The number of hydrogen-bond acceptors (Lipinski definition) is 4. The van der Waals surface area contributed by atoms with Gasteiger partial charge in [0.25, 0.3) is 0 Å². The van der Waals surface area contributed by atoms with Gasteiger partial charge in [-0.05, 0) is 12.1 Å². The van der Waals surface area contributed by atoms with Crippen molar-refractivity contribution in [3.8, 4) is 5.75 Å². The van der Waals surface area contributed by atoms with Crippen molar-refractivity contribution in [1.29, 1.82) is 0 Å². The molecule has 18 heavy (non-hydrogen) atoms. The Morgan fingerprint density at radius 3 is 2.00 bits per heavy atom. The molecule has 5 nitrogen and oxygen atoms in total. The molecule has 0 saturated heterocycles. The minimum absolute atomic E-state index is 0. The third-order valence-electron chi connectivity index (χ3n) is 1.89. The van der Waals surface area contributed by atoms with Crippen LogP contribution in [0.4, 0.5) is 0 Å². The average Bonchev–Trinajstić information content (AvgIpc) is 2.16. The van der Waals surface area contributed by atoms with Crippen LogP contribution in [0.2, 0.25) is 0 Å². The number of aromatic carboxylic acids is 1. The predicted octanol–water partition coefficient (Wildman–Crippen LogP) is -1.21. The second kappa shape index (κ2) is 9.01. The van der Waals surface area contributed by atoms with Crippen LogP contribution in [0.3, 0.4) is 0 Å². The van der Waals surface area contributed by atoms with Crippen molar-refractivity contribution in [1.82, 2.24) is 0 Å². The van der Waals surface area contributed by atoms with Crippen molar-refractivity contribution in [2.75, 3.05) is 34.3 Å². The molecule has 6 heteroatoms. The van der Waals surface area contributed by atoms with E-state index in [1.807, 2.05) is 0 Å². The van der Waals surface area contributed by atoms with Gasteiger partial charge >= 0.3 is 18.9 Å². The van der Waals surface area contributed by atoms with E-state index in [9.17, 15) is 9.90 Å². The SMILES string of the molecule is C[N+](C)(C)CCO.O=C([O-])c1ccccc1O.[LiH]. The number of carboxylic acid groups (broad SMARTS) is 1. The van der Waals surface area contributed by atoms with Gasteiger partial charge in [0, 0.05) is 5.56 Å². The van der Waals surface area contributed by atoms with Gasteiger partial charge in [-0.3, -0.25) is 0 Å². The van der Waals surface area contributed by atoms with Crippen LogP contribution in [0.15, 0.2) is 24.3 Å². The third-order valence-corrected chi connectivity index (χ3v) is 1.89. The summed E-state index contributed by atoms with van der Waals surface area (Å²) < 4.78 is 0.844. The molecule has 2 N–H and O–H groups in total. The Morgan fingerprint density at radius 2 is 1.78 bits per heavy atom. The van der Waals surface area contributed by atoms with Gasteiger partial charge in [0.05, 0.1) is 33.7 Å². The molecule has 1 aromatic carbocycles. The molecule has 0 bridgehead atoms. The first-order valence-electron chi connectivity index (χ1n) is 5.18. The minimum atomic E-state index is -1.36. The molecule has 0 aliphatic heterocycles. The summed E-state index contributed by atoms with van der Waals surface area (Å²) in [6, 6.07) is 5.64. The average molecular weight is 249 g/mol. The molecular formula is C12H20LiNO4. The van der Waals surface area contributed by atoms with E-state index in [1.165, 1.54) is 18.2 Å². The van der Waals surface area contributed by atoms with E-state index >= 15 is 0 Å². The van der Waals surface area contributed by atoms with Crippen LogP contribution in [0.5, 0.6) is 5.75 Å². The van der Waals surface area contributed by atoms with Crippen LogP contribution in [0, 0.1) is 0 Å². The van der Waals surface area contributed by atoms with Crippen LogP contribution < -0.4 is 5.11 Å². The van der Waals surface area contributed by atoms with E-state index < -0.39 is 5.97 Å². The Morgan fingerprint density at radius 1 is 1.28 bits per heavy atom. The molecule has 98 valence electrons. The number of para-hydroxylation sites is 1. The summed E-state index contributed by atoms with van der Waals surface area (Å²) >= 11 is 0. The van der Waals surface area contributed by atoms with Gasteiger partial charge < -0.3 is 24.6 Å². The number of quaternary nitrogens is 1. The molecule has 0 saturated carbocycles. The fourth-order valence-electron chi connectivity index (χ4n) is 0.946. The maximum absolute atomic E-state index is 10.2. The molecule has 0 aromatic heterocycles. The van der Waals surface area contributed by atoms with Gasteiger partial charge in [-0.1, -0.05) is 12.1 Å². The number of carbonyl (C=O) groups excluding carboxylic acids is 1. The van der Waals surface area contributed by atoms with Crippen LogP contribution in [0.1, 0.15) is 10.4 Å². The number of rotatable bonds is 3. The zero-order chi connectivity index (χ0) is 13.5. The molecular weight excluding hydrogens is 229 g/mol. The number of hydrogen-bond donors (Lipinski definition) is 2. The number of carbonyl (C=O) groups is 1. The van der Waals surface area contributed by atoms with Crippen molar-refractivity contribution in [2.24, 2.45) is 0 Å². The van der Waals surface area contributed by atoms with Crippen LogP contribution in [0.25, 0.3) is 0 Å². The number of aliphatic hydroxyl groups is 1. The number of likely N-dealkylation sites (N-methyl/N-ethyl adjacent to an activating group) is 1. The second-order valence-corrected chi connectivity index (χ2v) is 4.54. The molecule has 0 atom stereocenters.